The number of hydrogen-bond acceptors (Lipinski definition) is 9. The highest BCUT2D eigenvalue weighted by Gasteiger charge is 2.41. The van der Waals surface area contributed by atoms with Crippen LogP contribution in [0, 0.1) is 23.7 Å². The highest BCUT2D eigenvalue weighted by Crippen LogP contribution is 2.38. The van der Waals surface area contributed by atoms with Crippen molar-refractivity contribution in [3.63, 3.8) is 0 Å². The number of alkyl carbamates (subject to hydrolysis) is 2. The van der Waals surface area contributed by atoms with Gasteiger partial charge in [0.15, 0.2) is 0 Å². The summed E-state index contributed by atoms with van der Waals surface area (Å²) in [5.74, 6) is 1.39. The number of nitrogens with zero attached hydrogens (tertiary/aromatic N) is 5. The summed E-state index contributed by atoms with van der Waals surface area (Å²) in [7, 11) is 2.58. The van der Waals surface area contributed by atoms with Crippen LogP contribution in [-0.4, -0.2) is 98.1 Å². The van der Waals surface area contributed by atoms with Crippen LogP contribution in [0.5, 0.6) is 0 Å². The first-order chi connectivity index (χ1) is 27.7. The predicted molar refractivity (Wildman–Crippen MR) is 219 cm³/mol. The van der Waals surface area contributed by atoms with Gasteiger partial charge in [0.1, 0.15) is 23.7 Å². The van der Waals surface area contributed by atoms with Gasteiger partial charge in [-0.2, -0.15) is 0 Å². The molecular formula is C43H53N9O6. The van der Waals surface area contributed by atoms with Gasteiger partial charge in [0, 0.05) is 29.6 Å². The average Bonchev–Trinajstić information content (AvgIpc) is 4.03. The fourth-order valence-corrected chi connectivity index (χ4v) is 8.31. The summed E-state index contributed by atoms with van der Waals surface area (Å²) >= 11 is 0. The third kappa shape index (κ3) is 8.07. The third-order valence-electron chi connectivity index (χ3n) is 11.4. The number of aromatic nitrogens is 5. The van der Waals surface area contributed by atoms with E-state index in [0.29, 0.717) is 24.7 Å². The van der Waals surface area contributed by atoms with Crippen LogP contribution >= 0.6 is 0 Å². The smallest absolute Gasteiger partial charge is 0.407 e. The molecule has 4 amide bonds. The molecule has 15 nitrogen and oxygen atoms in total. The van der Waals surface area contributed by atoms with Gasteiger partial charge in [-0.1, -0.05) is 59.7 Å². The lowest BCUT2D eigenvalue weighted by Crippen LogP contribution is -2.51. The second-order valence-corrected chi connectivity index (χ2v) is 16.5. The molecule has 0 saturated carbocycles. The number of hydrogen-bond donors (Lipinski definition) is 4. The summed E-state index contributed by atoms with van der Waals surface area (Å²) in [6.45, 7) is 13.0. The molecule has 5 aromatic rings. The van der Waals surface area contributed by atoms with Crippen LogP contribution in [0.1, 0.15) is 78.1 Å². The predicted octanol–water partition coefficient (Wildman–Crippen LogP) is 6.75. The van der Waals surface area contributed by atoms with Crippen molar-refractivity contribution in [1.82, 2.24) is 45.4 Å². The van der Waals surface area contributed by atoms with E-state index < -0.39 is 24.3 Å². The lowest BCUT2D eigenvalue weighted by atomic mass is 10.0. The van der Waals surface area contributed by atoms with Crippen LogP contribution in [0.15, 0.2) is 54.7 Å². The number of fused-ring (bicyclic) bond motifs is 2. The van der Waals surface area contributed by atoms with Gasteiger partial charge >= 0.3 is 12.2 Å². The van der Waals surface area contributed by atoms with E-state index in [4.69, 9.17) is 24.4 Å². The van der Waals surface area contributed by atoms with Gasteiger partial charge in [-0.05, 0) is 66.8 Å². The fourth-order valence-electron chi connectivity index (χ4n) is 8.31. The van der Waals surface area contributed by atoms with Crippen LogP contribution in [0.4, 0.5) is 9.59 Å². The molecule has 2 aliphatic rings. The first kappa shape index (κ1) is 40.2. The number of amides is 4. The number of benzene rings is 2. The maximum absolute atomic E-state index is 13.8. The summed E-state index contributed by atoms with van der Waals surface area (Å²) < 4.78 is 9.58. The lowest BCUT2D eigenvalue weighted by molar-refractivity contribution is -0.136. The molecule has 58 heavy (non-hydrogen) atoms. The zero-order valence-corrected chi connectivity index (χ0v) is 34.3. The minimum Gasteiger partial charge on any atom is -0.453 e. The summed E-state index contributed by atoms with van der Waals surface area (Å²) in [6.07, 6.45) is 2.04. The molecule has 4 N–H and O–H groups in total. The van der Waals surface area contributed by atoms with Gasteiger partial charge in [0.05, 0.1) is 60.4 Å². The van der Waals surface area contributed by atoms with E-state index in [1.165, 1.54) is 14.2 Å². The molecule has 0 aliphatic carbocycles. The monoisotopic (exact) mass is 791 g/mol. The number of H-pyrrole nitrogens is 2. The molecule has 1 unspecified atom stereocenters. The average molecular weight is 792 g/mol. The van der Waals surface area contributed by atoms with Crippen molar-refractivity contribution in [3.05, 3.63) is 66.4 Å². The molecule has 2 fully saturated rings. The number of nitrogens with one attached hydrogen (secondary N) is 4. The summed E-state index contributed by atoms with van der Waals surface area (Å²) in [4.78, 5) is 76.9. The number of likely N-dealkylation sites (tertiary alicyclic amines) is 2. The largest absolute Gasteiger partial charge is 0.453 e. The van der Waals surface area contributed by atoms with Crippen LogP contribution in [0.2, 0.25) is 0 Å². The molecule has 2 saturated heterocycles. The molecule has 3 aromatic heterocycles. The Labute approximate surface area is 337 Å². The van der Waals surface area contributed by atoms with Crippen molar-refractivity contribution in [1.29, 1.82) is 0 Å². The molecule has 0 spiro atoms. The Bertz CT molecular complexity index is 2340. The van der Waals surface area contributed by atoms with E-state index in [9.17, 15) is 19.2 Å². The van der Waals surface area contributed by atoms with Crippen LogP contribution < -0.4 is 10.6 Å². The molecule has 0 radical (unpaired) electrons. The molecule has 15 heteroatoms. The van der Waals surface area contributed by atoms with Gasteiger partial charge in [-0.25, -0.2) is 24.5 Å². The van der Waals surface area contributed by atoms with Gasteiger partial charge in [-0.15, -0.1) is 0 Å². The topological polar surface area (TPSA) is 188 Å². The Balaban J connectivity index is 1.09. The molecule has 6 atom stereocenters. The molecule has 2 aromatic carbocycles. The normalized spacial score (nSPS) is 20.5. The Morgan fingerprint density at radius 1 is 0.707 bits per heavy atom. The van der Waals surface area contributed by atoms with Gasteiger partial charge in [0.2, 0.25) is 11.8 Å². The van der Waals surface area contributed by atoms with Gasteiger partial charge in [-0.3, -0.25) is 9.59 Å². The first-order valence-electron chi connectivity index (χ1n) is 20.0. The number of pyridine rings is 1. The molecular weight excluding hydrogens is 739 g/mol. The molecule has 5 heterocycles. The quantitative estimate of drug-likeness (QED) is 0.119. The number of methoxy groups -OCH3 is 2. The van der Waals surface area contributed by atoms with E-state index >= 15 is 0 Å². The van der Waals surface area contributed by atoms with Gasteiger partial charge < -0.3 is 39.9 Å². The first-order valence-corrected chi connectivity index (χ1v) is 20.0. The van der Waals surface area contributed by atoms with Crippen molar-refractivity contribution >= 4 is 45.9 Å². The Morgan fingerprint density at radius 2 is 1.28 bits per heavy atom. The standard InChI is InChI=1S/C43H53N9O6/c1-22(2)36(49-42(55)57-7)40(53)51-20-24(5)15-34(51)38-44-19-33(48-38)27-10-13-29-26(17-27)9-12-30(45-29)28-11-14-31-32(18-28)47-39(46-31)35-16-25(6)21-52(35)41(54)37(23(3)4)50-43(56)58-8/h9-14,17-19,22-25,34-37H,15-16,20-21H2,1-8H3,(H,44,48)(H,46,47)(H,49,55)(H,50,56)/t24-,25-,34?,35-,36-,37-/m0/s1. The van der Waals surface area contributed by atoms with Crippen LogP contribution in [0.25, 0.3) is 44.5 Å². The number of rotatable bonds is 10. The Kier molecular flexibility index (Phi) is 11.4. The fraction of sp³-hybridized carbons (Fsp3) is 0.465. The van der Waals surface area contributed by atoms with Crippen molar-refractivity contribution in [2.45, 2.75) is 78.6 Å². The van der Waals surface area contributed by atoms with E-state index in [0.717, 1.165) is 57.3 Å². The summed E-state index contributed by atoms with van der Waals surface area (Å²) in [6, 6.07) is 14.2. The molecule has 7 rings (SSSR count). The molecule has 306 valence electrons. The van der Waals surface area contributed by atoms with Crippen LogP contribution in [0.3, 0.4) is 0 Å². The molecule has 2 aliphatic heterocycles. The van der Waals surface area contributed by atoms with E-state index in [1.807, 2.05) is 73.9 Å². The third-order valence-corrected chi connectivity index (χ3v) is 11.4. The number of carbonyl (C=O) groups is 4. The number of imidazole rings is 2. The summed E-state index contributed by atoms with van der Waals surface area (Å²) in [5.41, 5.74) is 5.98. The van der Waals surface area contributed by atoms with Crippen molar-refractivity contribution in [3.8, 4) is 22.5 Å². The minimum atomic E-state index is -0.714. The highest BCUT2D eigenvalue weighted by molar-refractivity contribution is 5.89. The summed E-state index contributed by atoms with van der Waals surface area (Å²) in [5, 5.41) is 6.39. The highest BCUT2D eigenvalue weighted by atomic mass is 16.5. The molecule has 0 bridgehead atoms. The number of ether oxygens (including phenoxy) is 2. The van der Waals surface area contributed by atoms with E-state index in [-0.39, 0.29) is 47.6 Å². The van der Waals surface area contributed by atoms with Crippen molar-refractivity contribution < 1.29 is 28.7 Å². The Hall–Kier alpha value is -5.99. The Morgan fingerprint density at radius 3 is 1.86 bits per heavy atom. The SMILES string of the molecule is COC(=O)N[C@H](C(=O)N1C[C@@H](C)CC1c1ncc(-c2ccc3nc(-c4ccc5nc([C@@H]6C[C@H](C)CN6C(=O)[C@@H](NC(=O)OC)C(C)C)[nH]c5c4)ccc3c2)[nH]1)C(C)C. The van der Waals surface area contributed by atoms with Crippen molar-refractivity contribution in [2.75, 3.05) is 27.3 Å². The number of carbonyl (C=O) groups excluding carboxylic acids is 4. The maximum Gasteiger partial charge on any atom is 0.407 e. The number of aromatic amines is 2. The second kappa shape index (κ2) is 16.5. The zero-order valence-electron chi connectivity index (χ0n) is 34.3. The zero-order chi connectivity index (χ0) is 41.4. The van der Waals surface area contributed by atoms with E-state index in [2.05, 4.69) is 46.6 Å². The van der Waals surface area contributed by atoms with Crippen molar-refractivity contribution in [2.24, 2.45) is 23.7 Å². The van der Waals surface area contributed by atoms with Crippen LogP contribution in [-0.2, 0) is 19.1 Å². The van der Waals surface area contributed by atoms with E-state index in [1.54, 1.807) is 6.20 Å². The minimum absolute atomic E-state index is 0.123. The second-order valence-electron chi connectivity index (χ2n) is 16.5. The van der Waals surface area contributed by atoms with Gasteiger partial charge in [0.25, 0.3) is 0 Å². The lowest BCUT2D eigenvalue weighted by Gasteiger charge is -2.30. The maximum atomic E-state index is 13.8.